The molecular weight excluding hydrogens is 310 g/mol. The summed E-state index contributed by atoms with van der Waals surface area (Å²) >= 11 is 0. The first-order valence-electron chi connectivity index (χ1n) is 7.76. The molecule has 2 N–H and O–H groups in total. The van der Waals surface area contributed by atoms with E-state index in [0.29, 0.717) is 36.8 Å². The lowest BCUT2D eigenvalue weighted by molar-refractivity contribution is 0.239. The summed E-state index contributed by atoms with van der Waals surface area (Å²) in [6.45, 7) is 3.78. The van der Waals surface area contributed by atoms with E-state index in [2.05, 4.69) is 14.9 Å². The first kappa shape index (κ1) is 16.3. The number of fused-ring (bicyclic) bond motifs is 1. The van der Waals surface area contributed by atoms with Gasteiger partial charge in [0.15, 0.2) is 11.5 Å². The normalized spacial score (nSPS) is 14.3. The Morgan fingerprint density at radius 3 is 2.83 bits per heavy atom. The minimum atomic E-state index is -0.0408. The van der Waals surface area contributed by atoms with Gasteiger partial charge in [0, 0.05) is 25.2 Å². The Morgan fingerprint density at radius 1 is 1.33 bits per heavy atom. The molecule has 0 fully saturated rings. The van der Waals surface area contributed by atoms with E-state index < -0.39 is 0 Å². The highest BCUT2D eigenvalue weighted by Gasteiger charge is 2.21. The molecule has 1 aliphatic heterocycles. The number of phenolic OH excluding ortho intramolecular Hbond substituents is 1. The summed E-state index contributed by atoms with van der Waals surface area (Å²) in [5, 5.41) is 10.1. The van der Waals surface area contributed by atoms with Gasteiger partial charge in [0.05, 0.1) is 19.9 Å². The molecule has 0 amide bonds. The molecule has 128 valence electrons. The third-order valence-corrected chi connectivity index (χ3v) is 4.20. The first-order valence-corrected chi connectivity index (χ1v) is 7.76. The van der Waals surface area contributed by atoms with E-state index >= 15 is 0 Å². The minimum Gasteiger partial charge on any atom is -0.504 e. The van der Waals surface area contributed by atoms with Crippen molar-refractivity contribution in [3.8, 4) is 17.2 Å². The van der Waals surface area contributed by atoms with Crippen molar-refractivity contribution >= 4 is 0 Å². The lowest BCUT2D eigenvalue weighted by Crippen LogP contribution is -2.35. The van der Waals surface area contributed by atoms with Crippen molar-refractivity contribution in [1.82, 2.24) is 14.9 Å². The number of phenols is 1. The molecule has 24 heavy (non-hydrogen) atoms. The van der Waals surface area contributed by atoms with Crippen molar-refractivity contribution in [2.75, 3.05) is 20.8 Å². The molecule has 0 radical (unpaired) electrons. The predicted molar refractivity (Wildman–Crippen MR) is 88.6 cm³/mol. The van der Waals surface area contributed by atoms with E-state index in [0.717, 1.165) is 23.4 Å². The lowest BCUT2D eigenvalue weighted by Gasteiger charge is -2.27. The molecule has 1 aromatic heterocycles. The van der Waals surface area contributed by atoms with Crippen LogP contribution < -0.4 is 15.0 Å². The summed E-state index contributed by atoms with van der Waals surface area (Å²) in [5.41, 5.74) is 2.47. The second kappa shape index (κ2) is 6.52. The van der Waals surface area contributed by atoms with Crippen LogP contribution in [0.4, 0.5) is 0 Å². The summed E-state index contributed by atoms with van der Waals surface area (Å²) in [6, 6.07) is 3.53. The number of hydrogen-bond acceptors (Lipinski definition) is 6. The second-order valence-electron chi connectivity index (χ2n) is 5.89. The zero-order valence-corrected chi connectivity index (χ0v) is 14.0. The number of ether oxygens (including phenoxy) is 2. The van der Waals surface area contributed by atoms with Gasteiger partial charge < -0.3 is 19.6 Å². The predicted octanol–water partition coefficient (Wildman–Crippen LogP) is 1.36. The number of nitrogens with zero attached hydrogens (tertiary/aromatic N) is 2. The van der Waals surface area contributed by atoms with Crippen LogP contribution in [0, 0.1) is 6.92 Å². The molecule has 1 aromatic carbocycles. The number of aromatic nitrogens is 2. The van der Waals surface area contributed by atoms with E-state index in [1.165, 1.54) is 14.2 Å². The van der Waals surface area contributed by atoms with Crippen LogP contribution in [-0.4, -0.2) is 40.7 Å². The Bertz CT molecular complexity index is 816. The summed E-state index contributed by atoms with van der Waals surface area (Å²) in [5.74, 6) is 1.50. The van der Waals surface area contributed by atoms with Crippen molar-refractivity contribution in [3.63, 3.8) is 0 Å². The Hall–Kier alpha value is -2.54. The first-order chi connectivity index (χ1) is 11.5. The van der Waals surface area contributed by atoms with E-state index in [4.69, 9.17) is 9.47 Å². The topological polar surface area (TPSA) is 87.7 Å². The Morgan fingerprint density at radius 2 is 2.12 bits per heavy atom. The van der Waals surface area contributed by atoms with Gasteiger partial charge in [0.1, 0.15) is 5.82 Å². The Balaban J connectivity index is 1.83. The van der Waals surface area contributed by atoms with Gasteiger partial charge in [-0.15, -0.1) is 0 Å². The molecule has 2 aromatic rings. The van der Waals surface area contributed by atoms with Crippen LogP contribution in [0.1, 0.15) is 22.6 Å². The zero-order valence-electron chi connectivity index (χ0n) is 14.0. The van der Waals surface area contributed by atoms with Gasteiger partial charge in [0.2, 0.25) is 5.75 Å². The van der Waals surface area contributed by atoms with Gasteiger partial charge in [-0.3, -0.25) is 9.69 Å². The Labute approximate surface area is 139 Å². The highest BCUT2D eigenvalue weighted by molar-refractivity contribution is 5.53. The van der Waals surface area contributed by atoms with Crippen LogP contribution in [0.15, 0.2) is 16.9 Å². The highest BCUT2D eigenvalue weighted by atomic mass is 16.5. The number of aryl methyl sites for hydroxylation is 1. The van der Waals surface area contributed by atoms with Crippen LogP contribution in [-0.2, 0) is 19.5 Å². The third-order valence-electron chi connectivity index (χ3n) is 4.20. The average Bonchev–Trinajstić information content (AvgIpc) is 2.53. The molecule has 2 heterocycles. The quantitative estimate of drug-likeness (QED) is 0.879. The van der Waals surface area contributed by atoms with E-state index in [1.807, 2.05) is 6.07 Å². The maximum Gasteiger partial charge on any atom is 0.254 e. The van der Waals surface area contributed by atoms with Crippen LogP contribution in [0.25, 0.3) is 0 Å². The van der Waals surface area contributed by atoms with Crippen molar-refractivity contribution in [1.29, 1.82) is 0 Å². The van der Waals surface area contributed by atoms with Crippen LogP contribution in [0.2, 0.25) is 0 Å². The van der Waals surface area contributed by atoms with Crippen molar-refractivity contribution < 1.29 is 14.6 Å². The van der Waals surface area contributed by atoms with Gasteiger partial charge in [-0.1, -0.05) is 0 Å². The smallest absolute Gasteiger partial charge is 0.254 e. The molecule has 0 bridgehead atoms. The molecule has 3 rings (SSSR count). The SMILES string of the molecule is COc1cc(CN2CCc3c(nc(C)[nH]c3=O)C2)cc(O)c1OC. The largest absolute Gasteiger partial charge is 0.504 e. The van der Waals surface area contributed by atoms with Crippen molar-refractivity contribution in [2.24, 2.45) is 0 Å². The molecular formula is C17H21N3O4. The van der Waals surface area contributed by atoms with Gasteiger partial charge in [-0.05, 0) is 31.0 Å². The zero-order chi connectivity index (χ0) is 17.3. The number of aromatic hydroxyl groups is 1. The average molecular weight is 331 g/mol. The molecule has 0 atom stereocenters. The summed E-state index contributed by atoms with van der Waals surface area (Å²) in [6.07, 6.45) is 0.664. The highest BCUT2D eigenvalue weighted by Crippen LogP contribution is 2.37. The molecule has 0 saturated carbocycles. The van der Waals surface area contributed by atoms with E-state index in [1.54, 1.807) is 13.0 Å². The number of hydrogen-bond donors (Lipinski definition) is 2. The number of methoxy groups -OCH3 is 2. The van der Waals surface area contributed by atoms with Crippen LogP contribution in [0.3, 0.4) is 0 Å². The van der Waals surface area contributed by atoms with Crippen molar-refractivity contribution in [3.05, 3.63) is 45.1 Å². The Kier molecular flexibility index (Phi) is 4.44. The number of H-pyrrole nitrogens is 1. The minimum absolute atomic E-state index is 0.0408. The summed E-state index contributed by atoms with van der Waals surface area (Å²) < 4.78 is 10.4. The second-order valence-corrected chi connectivity index (χ2v) is 5.89. The molecule has 1 aliphatic rings. The molecule has 0 saturated heterocycles. The van der Waals surface area contributed by atoms with Gasteiger partial charge in [-0.2, -0.15) is 0 Å². The fourth-order valence-corrected chi connectivity index (χ4v) is 3.10. The number of rotatable bonds is 4. The van der Waals surface area contributed by atoms with Crippen LogP contribution in [0.5, 0.6) is 17.2 Å². The number of benzene rings is 1. The number of aromatic amines is 1. The molecule has 0 aliphatic carbocycles. The molecule has 0 unspecified atom stereocenters. The van der Waals surface area contributed by atoms with Gasteiger partial charge in [-0.25, -0.2) is 4.98 Å². The summed E-state index contributed by atoms with van der Waals surface area (Å²) in [7, 11) is 3.03. The monoisotopic (exact) mass is 331 g/mol. The molecule has 7 heteroatoms. The molecule has 7 nitrogen and oxygen atoms in total. The van der Waals surface area contributed by atoms with Gasteiger partial charge >= 0.3 is 0 Å². The van der Waals surface area contributed by atoms with Gasteiger partial charge in [0.25, 0.3) is 5.56 Å². The fourth-order valence-electron chi connectivity index (χ4n) is 3.10. The fraction of sp³-hybridized carbons (Fsp3) is 0.412. The molecule has 0 spiro atoms. The van der Waals surface area contributed by atoms with E-state index in [9.17, 15) is 9.90 Å². The third kappa shape index (κ3) is 3.07. The lowest BCUT2D eigenvalue weighted by atomic mass is 10.1. The van der Waals surface area contributed by atoms with Crippen LogP contribution >= 0.6 is 0 Å². The summed E-state index contributed by atoms with van der Waals surface area (Å²) in [4.78, 5) is 21.4. The number of nitrogens with one attached hydrogen (secondary N) is 1. The van der Waals surface area contributed by atoms with Crippen molar-refractivity contribution in [2.45, 2.75) is 26.4 Å². The maximum atomic E-state index is 12.0. The van der Waals surface area contributed by atoms with E-state index in [-0.39, 0.29) is 11.3 Å². The standard InChI is InChI=1S/C17H21N3O4/c1-10-18-13-9-20(5-4-12(13)17(22)19-10)8-11-6-14(21)16(24-3)15(7-11)23-2/h6-7,21H,4-5,8-9H2,1-3H3,(H,18,19,22). The maximum absolute atomic E-state index is 12.0.